The molecule has 0 bridgehead atoms. The lowest BCUT2D eigenvalue weighted by atomic mass is 10.3. The maximum absolute atomic E-state index is 11.4. The third kappa shape index (κ3) is 2.56. The van der Waals surface area contributed by atoms with Gasteiger partial charge in [0.05, 0.1) is 6.61 Å². The van der Waals surface area contributed by atoms with Gasteiger partial charge in [-0.3, -0.25) is 9.63 Å². The molecule has 0 atom stereocenters. The SMILES string of the molecule is O=C(/C=C/C1CC1)N1CCCCO1. The Morgan fingerprint density at radius 2 is 2.23 bits per heavy atom. The van der Waals surface area contributed by atoms with Crippen molar-refractivity contribution in [2.24, 2.45) is 5.92 Å². The quantitative estimate of drug-likeness (QED) is 0.604. The van der Waals surface area contributed by atoms with Crippen molar-refractivity contribution in [1.29, 1.82) is 0 Å². The molecule has 0 aromatic rings. The van der Waals surface area contributed by atoms with Crippen molar-refractivity contribution in [2.75, 3.05) is 13.2 Å². The van der Waals surface area contributed by atoms with Crippen LogP contribution in [0, 0.1) is 5.92 Å². The van der Waals surface area contributed by atoms with Crippen LogP contribution < -0.4 is 0 Å². The van der Waals surface area contributed by atoms with E-state index in [1.54, 1.807) is 6.08 Å². The second kappa shape index (κ2) is 3.92. The van der Waals surface area contributed by atoms with Crippen LogP contribution in [0.5, 0.6) is 0 Å². The average Bonchev–Trinajstić information content (AvgIpc) is 2.99. The van der Waals surface area contributed by atoms with Crippen LogP contribution >= 0.6 is 0 Å². The van der Waals surface area contributed by atoms with Crippen molar-refractivity contribution < 1.29 is 9.63 Å². The van der Waals surface area contributed by atoms with Crippen molar-refractivity contribution in [1.82, 2.24) is 5.06 Å². The molecule has 1 saturated carbocycles. The lowest BCUT2D eigenvalue weighted by molar-refractivity contribution is -0.191. The molecule has 2 aliphatic rings. The van der Waals surface area contributed by atoms with Gasteiger partial charge in [0, 0.05) is 12.6 Å². The number of amides is 1. The van der Waals surface area contributed by atoms with Crippen LogP contribution in [0.15, 0.2) is 12.2 Å². The second-order valence-corrected chi connectivity index (χ2v) is 3.68. The number of carbonyl (C=O) groups excluding carboxylic acids is 1. The summed E-state index contributed by atoms with van der Waals surface area (Å²) in [6, 6.07) is 0. The summed E-state index contributed by atoms with van der Waals surface area (Å²) in [7, 11) is 0. The molecule has 0 spiro atoms. The maximum atomic E-state index is 11.4. The van der Waals surface area contributed by atoms with Gasteiger partial charge in [-0.15, -0.1) is 0 Å². The molecule has 1 saturated heterocycles. The van der Waals surface area contributed by atoms with E-state index in [4.69, 9.17) is 4.84 Å². The monoisotopic (exact) mass is 181 g/mol. The largest absolute Gasteiger partial charge is 0.271 e. The van der Waals surface area contributed by atoms with Gasteiger partial charge in [0.25, 0.3) is 5.91 Å². The fourth-order valence-corrected chi connectivity index (χ4v) is 1.36. The first-order valence-electron chi connectivity index (χ1n) is 4.99. The van der Waals surface area contributed by atoms with Gasteiger partial charge in [-0.25, -0.2) is 5.06 Å². The Morgan fingerprint density at radius 1 is 1.38 bits per heavy atom. The molecule has 1 aliphatic carbocycles. The van der Waals surface area contributed by atoms with Gasteiger partial charge in [0.1, 0.15) is 0 Å². The summed E-state index contributed by atoms with van der Waals surface area (Å²) >= 11 is 0. The summed E-state index contributed by atoms with van der Waals surface area (Å²) in [6.45, 7) is 1.43. The average molecular weight is 181 g/mol. The number of nitrogens with zero attached hydrogens (tertiary/aromatic N) is 1. The first-order valence-corrected chi connectivity index (χ1v) is 4.99. The smallest absolute Gasteiger partial charge is 0.269 e. The molecule has 3 heteroatoms. The van der Waals surface area contributed by atoms with Crippen molar-refractivity contribution in [3.8, 4) is 0 Å². The van der Waals surface area contributed by atoms with E-state index in [9.17, 15) is 4.79 Å². The molecule has 0 aromatic heterocycles. The van der Waals surface area contributed by atoms with E-state index in [1.165, 1.54) is 17.9 Å². The summed E-state index contributed by atoms with van der Waals surface area (Å²) < 4.78 is 0. The Hall–Kier alpha value is -0.830. The number of carbonyl (C=O) groups is 1. The van der Waals surface area contributed by atoms with E-state index in [0.29, 0.717) is 12.5 Å². The topological polar surface area (TPSA) is 29.5 Å². The standard InChI is InChI=1S/C10H15NO2/c12-10(6-5-9-3-4-9)11-7-1-2-8-13-11/h5-6,9H,1-4,7-8H2/b6-5+. The van der Waals surface area contributed by atoms with E-state index < -0.39 is 0 Å². The zero-order valence-corrected chi connectivity index (χ0v) is 7.74. The predicted octanol–water partition coefficient (Wildman–Crippen LogP) is 1.51. The second-order valence-electron chi connectivity index (χ2n) is 3.68. The molecule has 72 valence electrons. The fraction of sp³-hybridized carbons (Fsp3) is 0.700. The highest BCUT2D eigenvalue weighted by Crippen LogP contribution is 2.30. The van der Waals surface area contributed by atoms with Gasteiger partial charge in [-0.1, -0.05) is 6.08 Å². The molecular formula is C10H15NO2. The summed E-state index contributed by atoms with van der Waals surface area (Å²) in [6.07, 6.45) is 8.26. The van der Waals surface area contributed by atoms with Crippen LogP contribution in [0.2, 0.25) is 0 Å². The minimum atomic E-state index is 0.00611. The van der Waals surface area contributed by atoms with Gasteiger partial charge < -0.3 is 0 Å². The lowest BCUT2D eigenvalue weighted by Crippen LogP contribution is -2.34. The van der Waals surface area contributed by atoms with Crippen molar-refractivity contribution in [3.05, 3.63) is 12.2 Å². The summed E-state index contributed by atoms with van der Waals surface area (Å²) in [5, 5.41) is 1.47. The summed E-state index contributed by atoms with van der Waals surface area (Å²) in [4.78, 5) is 16.7. The first-order chi connectivity index (χ1) is 6.36. The van der Waals surface area contributed by atoms with Crippen LogP contribution in [-0.4, -0.2) is 24.1 Å². The molecule has 2 fully saturated rings. The van der Waals surface area contributed by atoms with Crippen LogP contribution in [0.25, 0.3) is 0 Å². The molecule has 1 heterocycles. The third-order valence-corrected chi connectivity index (χ3v) is 2.38. The van der Waals surface area contributed by atoms with Crippen LogP contribution in [-0.2, 0) is 9.63 Å². The Bertz CT molecular complexity index is 215. The van der Waals surface area contributed by atoms with E-state index >= 15 is 0 Å². The Labute approximate surface area is 78.3 Å². The van der Waals surface area contributed by atoms with E-state index in [1.807, 2.05) is 6.08 Å². The number of rotatable bonds is 2. The Balaban J connectivity index is 1.80. The summed E-state index contributed by atoms with van der Waals surface area (Å²) in [5.74, 6) is 0.667. The summed E-state index contributed by atoms with van der Waals surface area (Å²) in [5.41, 5.74) is 0. The maximum Gasteiger partial charge on any atom is 0.269 e. The van der Waals surface area contributed by atoms with Gasteiger partial charge in [-0.2, -0.15) is 0 Å². The predicted molar refractivity (Wildman–Crippen MR) is 48.8 cm³/mol. The minimum absolute atomic E-state index is 0.00611. The highest BCUT2D eigenvalue weighted by Gasteiger charge is 2.19. The van der Waals surface area contributed by atoms with Crippen LogP contribution in [0.4, 0.5) is 0 Å². The van der Waals surface area contributed by atoms with Gasteiger partial charge in [0.15, 0.2) is 0 Å². The van der Waals surface area contributed by atoms with Gasteiger partial charge in [0.2, 0.25) is 0 Å². The molecule has 1 amide bonds. The van der Waals surface area contributed by atoms with E-state index in [0.717, 1.165) is 19.4 Å². The molecular weight excluding hydrogens is 166 g/mol. The molecule has 0 radical (unpaired) electrons. The molecule has 0 N–H and O–H groups in total. The Kier molecular flexibility index (Phi) is 2.64. The number of hydroxylamine groups is 2. The van der Waals surface area contributed by atoms with Gasteiger partial charge in [-0.05, 0) is 31.6 Å². The van der Waals surface area contributed by atoms with Crippen molar-refractivity contribution in [3.63, 3.8) is 0 Å². The highest BCUT2D eigenvalue weighted by molar-refractivity contribution is 5.86. The molecule has 1 aliphatic heterocycles. The number of allylic oxidation sites excluding steroid dienone is 1. The molecule has 3 nitrogen and oxygen atoms in total. The van der Waals surface area contributed by atoms with Crippen LogP contribution in [0.3, 0.4) is 0 Å². The molecule has 0 aromatic carbocycles. The Morgan fingerprint density at radius 3 is 2.85 bits per heavy atom. The fourth-order valence-electron chi connectivity index (χ4n) is 1.36. The minimum Gasteiger partial charge on any atom is -0.271 e. The van der Waals surface area contributed by atoms with E-state index in [2.05, 4.69) is 0 Å². The molecule has 13 heavy (non-hydrogen) atoms. The number of hydrogen-bond donors (Lipinski definition) is 0. The van der Waals surface area contributed by atoms with Crippen molar-refractivity contribution >= 4 is 5.91 Å². The zero-order valence-electron chi connectivity index (χ0n) is 7.74. The number of hydrogen-bond acceptors (Lipinski definition) is 2. The first kappa shape index (κ1) is 8.75. The molecule has 0 unspecified atom stereocenters. The molecule has 2 rings (SSSR count). The third-order valence-electron chi connectivity index (χ3n) is 2.38. The van der Waals surface area contributed by atoms with Gasteiger partial charge >= 0.3 is 0 Å². The highest BCUT2D eigenvalue weighted by atomic mass is 16.7. The van der Waals surface area contributed by atoms with E-state index in [-0.39, 0.29) is 5.91 Å². The normalized spacial score (nSPS) is 23.8. The lowest BCUT2D eigenvalue weighted by Gasteiger charge is -2.24. The zero-order chi connectivity index (χ0) is 9.10. The van der Waals surface area contributed by atoms with Crippen LogP contribution in [0.1, 0.15) is 25.7 Å². The van der Waals surface area contributed by atoms with Crippen molar-refractivity contribution in [2.45, 2.75) is 25.7 Å².